The van der Waals surface area contributed by atoms with Gasteiger partial charge in [0.15, 0.2) is 0 Å². The summed E-state index contributed by atoms with van der Waals surface area (Å²) in [7, 11) is 1.83. The van der Waals surface area contributed by atoms with Crippen LogP contribution in [0.5, 0.6) is 0 Å². The molecule has 132 valence electrons. The Kier molecular flexibility index (Phi) is 5.31. The molecule has 1 atom stereocenters. The van der Waals surface area contributed by atoms with Crippen LogP contribution in [0, 0.1) is 0 Å². The van der Waals surface area contributed by atoms with Crippen LogP contribution < -0.4 is 0 Å². The number of nitrogens with zero attached hydrogens (tertiary/aromatic N) is 3. The summed E-state index contributed by atoms with van der Waals surface area (Å²) in [5.74, 6) is -0.0876. The Morgan fingerprint density at radius 2 is 2.16 bits per heavy atom. The van der Waals surface area contributed by atoms with Gasteiger partial charge in [0.05, 0.1) is 25.5 Å². The van der Waals surface area contributed by atoms with E-state index in [2.05, 4.69) is 5.10 Å². The molecule has 0 bridgehead atoms. The summed E-state index contributed by atoms with van der Waals surface area (Å²) in [6.07, 6.45) is 5.56. The van der Waals surface area contributed by atoms with E-state index in [9.17, 15) is 9.90 Å². The highest BCUT2D eigenvalue weighted by molar-refractivity contribution is 5.91. The number of ether oxygens (including phenoxy) is 1. The molecule has 1 aliphatic heterocycles. The zero-order chi connectivity index (χ0) is 17.7. The zero-order valence-corrected chi connectivity index (χ0v) is 14.3. The topological polar surface area (TPSA) is 67.6 Å². The lowest BCUT2D eigenvalue weighted by atomic mass is 9.93. The van der Waals surface area contributed by atoms with Gasteiger partial charge in [0.2, 0.25) is 5.91 Å². The normalized spacial score (nSPS) is 21.0. The van der Waals surface area contributed by atoms with Crippen molar-refractivity contribution in [3.05, 3.63) is 59.9 Å². The van der Waals surface area contributed by atoms with Gasteiger partial charge in [0.1, 0.15) is 5.60 Å². The van der Waals surface area contributed by atoms with E-state index in [-0.39, 0.29) is 12.5 Å². The molecule has 1 saturated heterocycles. The fraction of sp³-hybridized carbons (Fsp3) is 0.368. The van der Waals surface area contributed by atoms with Gasteiger partial charge >= 0.3 is 0 Å². The lowest BCUT2D eigenvalue weighted by molar-refractivity contribution is -0.153. The molecule has 1 N–H and O–H groups in total. The largest absolute Gasteiger partial charge is 0.393 e. The van der Waals surface area contributed by atoms with Crippen LogP contribution in [0.2, 0.25) is 0 Å². The fourth-order valence-electron chi connectivity index (χ4n) is 3.07. The lowest BCUT2D eigenvalue weighted by Gasteiger charge is -2.41. The lowest BCUT2D eigenvalue weighted by Crippen LogP contribution is -2.56. The van der Waals surface area contributed by atoms with Crippen LogP contribution in [-0.2, 0) is 23.0 Å². The maximum atomic E-state index is 12.5. The highest BCUT2D eigenvalue weighted by Crippen LogP contribution is 2.23. The maximum absolute atomic E-state index is 12.5. The summed E-state index contributed by atoms with van der Waals surface area (Å²) < 4.78 is 7.59. The van der Waals surface area contributed by atoms with Crippen LogP contribution in [0.1, 0.15) is 11.3 Å². The Labute approximate surface area is 147 Å². The first-order chi connectivity index (χ1) is 12.1. The summed E-state index contributed by atoms with van der Waals surface area (Å²) in [6, 6.07) is 11.7. The van der Waals surface area contributed by atoms with Gasteiger partial charge in [-0.3, -0.25) is 9.48 Å². The maximum Gasteiger partial charge on any atom is 0.246 e. The molecule has 0 radical (unpaired) electrons. The molecule has 2 aromatic rings. The monoisotopic (exact) mass is 341 g/mol. The molecular weight excluding hydrogens is 318 g/mol. The van der Waals surface area contributed by atoms with Gasteiger partial charge in [0.25, 0.3) is 0 Å². The first-order valence-corrected chi connectivity index (χ1v) is 8.36. The third-order valence-corrected chi connectivity index (χ3v) is 4.47. The van der Waals surface area contributed by atoms with Gasteiger partial charge in [-0.05, 0) is 17.7 Å². The number of carbonyl (C=O) groups excluding carboxylic acids is 1. The molecule has 6 heteroatoms. The quantitative estimate of drug-likeness (QED) is 0.832. The predicted octanol–water partition coefficient (Wildman–Crippen LogP) is 1.27. The Hall–Kier alpha value is -2.44. The van der Waals surface area contributed by atoms with Gasteiger partial charge in [0, 0.05) is 32.3 Å². The Bertz CT molecular complexity index is 741. The summed E-state index contributed by atoms with van der Waals surface area (Å²) >= 11 is 0. The zero-order valence-electron chi connectivity index (χ0n) is 14.3. The van der Waals surface area contributed by atoms with Crippen molar-refractivity contribution >= 4 is 12.0 Å². The summed E-state index contributed by atoms with van der Waals surface area (Å²) in [4.78, 5) is 14.3. The van der Waals surface area contributed by atoms with Crippen LogP contribution in [-0.4, -0.2) is 57.6 Å². The van der Waals surface area contributed by atoms with Crippen LogP contribution in [0.25, 0.3) is 6.08 Å². The molecule has 6 nitrogen and oxygen atoms in total. The van der Waals surface area contributed by atoms with Crippen LogP contribution in [0.3, 0.4) is 0 Å². The molecule has 1 amide bonds. The summed E-state index contributed by atoms with van der Waals surface area (Å²) in [5.41, 5.74) is 1.19. The number of hydrogen-bond donors (Lipinski definition) is 1. The van der Waals surface area contributed by atoms with Crippen molar-refractivity contribution in [2.45, 2.75) is 12.0 Å². The molecule has 1 aromatic carbocycles. The summed E-state index contributed by atoms with van der Waals surface area (Å²) in [5, 5.41) is 14.0. The van der Waals surface area contributed by atoms with Gasteiger partial charge in [-0.15, -0.1) is 0 Å². The molecule has 2 heterocycles. The van der Waals surface area contributed by atoms with Crippen molar-refractivity contribution in [1.29, 1.82) is 0 Å². The molecule has 0 saturated carbocycles. The van der Waals surface area contributed by atoms with Gasteiger partial charge in [-0.25, -0.2) is 0 Å². The smallest absolute Gasteiger partial charge is 0.246 e. The van der Waals surface area contributed by atoms with E-state index in [0.29, 0.717) is 26.1 Å². The highest BCUT2D eigenvalue weighted by atomic mass is 16.5. The van der Waals surface area contributed by atoms with Crippen LogP contribution >= 0.6 is 0 Å². The molecule has 1 fully saturated rings. The van der Waals surface area contributed by atoms with E-state index in [1.165, 1.54) is 0 Å². The number of rotatable bonds is 5. The minimum absolute atomic E-state index is 0.0876. The van der Waals surface area contributed by atoms with Crippen molar-refractivity contribution in [2.75, 3.05) is 26.3 Å². The number of benzene rings is 1. The first kappa shape index (κ1) is 17.4. The average molecular weight is 341 g/mol. The minimum atomic E-state index is -0.754. The van der Waals surface area contributed by atoms with E-state index in [1.807, 2.05) is 43.4 Å². The van der Waals surface area contributed by atoms with Crippen LogP contribution in [0.15, 0.2) is 48.7 Å². The van der Waals surface area contributed by atoms with E-state index in [1.54, 1.807) is 27.9 Å². The number of carbonyl (C=O) groups is 1. The van der Waals surface area contributed by atoms with E-state index in [0.717, 1.165) is 11.3 Å². The van der Waals surface area contributed by atoms with Crippen molar-refractivity contribution in [3.63, 3.8) is 0 Å². The molecule has 0 aliphatic carbocycles. The van der Waals surface area contributed by atoms with Crippen molar-refractivity contribution in [1.82, 2.24) is 14.7 Å². The number of amides is 1. The van der Waals surface area contributed by atoms with Crippen molar-refractivity contribution < 1.29 is 14.6 Å². The molecule has 25 heavy (non-hydrogen) atoms. The molecule has 0 unspecified atom stereocenters. The number of hydrogen-bond acceptors (Lipinski definition) is 4. The number of aliphatic hydroxyl groups excluding tert-OH is 1. The molecular formula is C19H23N3O3. The second-order valence-corrected chi connectivity index (χ2v) is 6.32. The Morgan fingerprint density at radius 3 is 2.84 bits per heavy atom. The molecule has 1 aliphatic rings. The average Bonchev–Trinajstić information content (AvgIpc) is 3.05. The third kappa shape index (κ3) is 4.15. The number of aryl methyl sites for hydroxylation is 1. The fourth-order valence-corrected chi connectivity index (χ4v) is 3.07. The minimum Gasteiger partial charge on any atom is -0.393 e. The Balaban J connectivity index is 1.69. The first-order valence-electron chi connectivity index (χ1n) is 8.36. The SMILES string of the molecule is Cn1nccc1/C=C/C(=O)N1CCO[C@](CO)(Cc2ccccc2)C1. The Morgan fingerprint density at radius 1 is 1.36 bits per heavy atom. The number of morpholine rings is 1. The van der Waals surface area contributed by atoms with E-state index < -0.39 is 5.60 Å². The van der Waals surface area contributed by atoms with Gasteiger partial charge in [-0.1, -0.05) is 30.3 Å². The van der Waals surface area contributed by atoms with E-state index >= 15 is 0 Å². The van der Waals surface area contributed by atoms with Gasteiger partial charge in [-0.2, -0.15) is 5.10 Å². The molecule has 3 rings (SSSR count). The standard InChI is InChI=1S/C19H23N3O3/c1-21-17(9-10-20-21)7-8-18(24)22-11-12-25-19(14-22,15-23)13-16-5-3-2-4-6-16/h2-10,23H,11-15H2,1H3/b8-7+/t19-/m1/s1. The second-order valence-electron chi connectivity index (χ2n) is 6.32. The van der Waals surface area contributed by atoms with Crippen LogP contribution in [0.4, 0.5) is 0 Å². The van der Waals surface area contributed by atoms with Gasteiger partial charge < -0.3 is 14.7 Å². The van der Waals surface area contributed by atoms with Crippen molar-refractivity contribution in [3.8, 4) is 0 Å². The third-order valence-electron chi connectivity index (χ3n) is 4.47. The second kappa shape index (κ2) is 7.63. The predicted molar refractivity (Wildman–Crippen MR) is 94.7 cm³/mol. The van der Waals surface area contributed by atoms with Crippen molar-refractivity contribution in [2.24, 2.45) is 7.05 Å². The van der Waals surface area contributed by atoms with E-state index in [4.69, 9.17) is 4.74 Å². The summed E-state index contributed by atoms with van der Waals surface area (Å²) in [6.45, 7) is 1.17. The highest BCUT2D eigenvalue weighted by Gasteiger charge is 2.37. The molecule has 0 spiro atoms. The number of aromatic nitrogens is 2. The number of aliphatic hydroxyl groups is 1. The molecule has 1 aromatic heterocycles.